The molecule has 1 aromatic heterocycles. The minimum absolute atomic E-state index is 0.00498. The van der Waals surface area contributed by atoms with Crippen molar-refractivity contribution in [2.75, 3.05) is 32.7 Å². The second kappa shape index (κ2) is 7.96. The summed E-state index contributed by atoms with van der Waals surface area (Å²) in [5.74, 6) is 1.16. The molecule has 1 aromatic rings. The molecule has 3 heterocycles. The number of carbonyl (C=O) groups is 3. The summed E-state index contributed by atoms with van der Waals surface area (Å²) in [7, 11) is 0. The van der Waals surface area contributed by atoms with Crippen LogP contribution in [0.3, 0.4) is 0 Å². The minimum Gasteiger partial charge on any atom is -0.469 e. The summed E-state index contributed by atoms with van der Waals surface area (Å²) < 4.78 is 10.8. The largest absolute Gasteiger partial charge is 0.469 e. The Morgan fingerprint density at radius 1 is 1.17 bits per heavy atom. The number of hydrogen-bond acceptors (Lipinski definition) is 5. The molecule has 30 heavy (non-hydrogen) atoms. The maximum Gasteiger partial charge on any atom is 0.410 e. The standard InChI is InChI=1S/C22H31N3O5/c1-22(2,3)30-21(28)24-9-10-25(19(26)14-24)15-6-4-8-23(13-15)20(27)17-12-16(17)18-7-5-11-29-18/h5,7,11,15-17H,4,6,8-10,12-14H2,1-3H3/t15-,16+,17+/m1/s1. The molecular weight excluding hydrogens is 386 g/mol. The highest BCUT2D eigenvalue weighted by Gasteiger charge is 2.48. The molecule has 1 aliphatic carbocycles. The van der Waals surface area contributed by atoms with Gasteiger partial charge in [-0.25, -0.2) is 4.79 Å². The van der Waals surface area contributed by atoms with Crippen molar-refractivity contribution in [2.24, 2.45) is 5.92 Å². The van der Waals surface area contributed by atoms with Crippen LogP contribution in [0.25, 0.3) is 0 Å². The summed E-state index contributed by atoms with van der Waals surface area (Å²) in [6.45, 7) is 7.70. The number of piperidine rings is 1. The summed E-state index contributed by atoms with van der Waals surface area (Å²) >= 11 is 0. The van der Waals surface area contributed by atoms with E-state index in [-0.39, 0.29) is 36.2 Å². The lowest BCUT2D eigenvalue weighted by Gasteiger charge is -2.43. The Morgan fingerprint density at radius 2 is 1.97 bits per heavy atom. The van der Waals surface area contributed by atoms with Gasteiger partial charge in [0, 0.05) is 44.1 Å². The molecule has 0 bridgehead atoms. The van der Waals surface area contributed by atoms with Crippen molar-refractivity contribution in [2.45, 2.75) is 57.6 Å². The van der Waals surface area contributed by atoms with E-state index in [2.05, 4.69) is 0 Å². The van der Waals surface area contributed by atoms with Crippen LogP contribution in [0.2, 0.25) is 0 Å². The van der Waals surface area contributed by atoms with Crippen molar-refractivity contribution >= 4 is 17.9 Å². The van der Waals surface area contributed by atoms with Crippen LogP contribution in [-0.2, 0) is 14.3 Å². The number of nitrogens with zero attached hydrogens (tertiary/aromatic N) is 3. The first-order valence-electron chi connectivity index (χ1n) is 10.8. The lowest BCUT2D eigenvalue weighted by Crippen LogP contribution is -2.59. The lowest BCUT2D eigenvalue weighted by atomic mass is 10.0. The van der Waals surface area contributed by atoms with E-state index in [4.69, 9.17) is 9.15 Å². The van der Waals surface area contributed by atoms with Crippen LogP contribution >= 0.6 is 0 Å². The van der Waals surface area contributed by atoms with Gasteiger partial charge in [0.05, 0.1) is 6.26 Å². The van der Waals surface area contributed by atoms with E-state index < -0.39 is 11.7 Å². The van der Waals surface area contributed by atoms with Gasteiger partial charge in [-0.2, -0.15) is 0 Å². The predicted molar refractivity (Wildman–Crippen MR) is 109 cm³/mol. The molecular formula is C22H31N3O5. The Bertz CT molecular complexity index is 800. The Morgan fingerprint density at radius 3 is 2.63 bits per heavy atom. The van der Waals surface area contributed by atoms with Crippen molar-refractivity contribution in [1.29, 1.82) is 0 Å². The fourth-order valence-corrected chi connectivity index (χ4v) is 4.48. The first kappa shape index (κ1) is 20.8. The number of amides is 3. The van der Waals surface area contributed by atoms with Crippen LogP contribution in [0.1, 0.15) is 51.7 Å². The average molecular weight is 418 g/mol. The van der Waals surface area contributed by atoms with Gasteiger partial charge < -0.3 is 19.0 Å². The smallest absolute Gasteiger partial charge is 0.410 e. The van der Waals surface area contributed by atoms with Crippen LogP contribution < -0.4 is 0 Å². The van der Waals surface area contributed by atoms with Crippen molar-refractivity contribution in [3.63, 3.8) is 0 Å². The molecule has 3 fully saturated rings. The van der Waals surface area contributed by atoms with E-state index in [1.165, 1.54) is 4.90 Å². The Labute approximate surface area is 177 Å². The van der Waals surface area contributed by atoms with Gasteiger partial charge >= 0.3 is 6.09 Å². The van der Waals surface area contributed by atoms with Crippen LogP contribution in [0.5, 0.6) is 0 Å². The molecule has 2 aliphatic heterocycles. The second-order valence-corrected chi connectivity index (χ2v) is 9.53. The van der Waals surface area contributed by atoms with Crippen LogP contribution in [0, 0.1) is 5.92 Å². The van der Waals surface area contributed by atoms with Gasteiger partial charge in [0.25, 0.3) is 0 Å². The lowest BCUT2D eigenvalue weighted by molar-refractivity contribution is -0.143. The van der Waals surface area contributed by atoms with Crippen molar-refractivity contribution in [1.82, 2.24) is 14.7 Å². The number of piperazine rings is 1. The topological polar surface area (TPSA) is 83.3 Å². The number of furan rings is 1. The fourth-order valence-electron chi connectivity index (χ4n) is 4.48. The zero-order valence-electron chi connectivity index (χ0n) is 18.0. The minimum atomic E-state index is -0.586. The molecule has 3 atom stereocenters. The highest BCUT2D eigenvalue weighted by molar-refractivity contribution is 5.85. The number of hydrogen-bond donors (Lipinski definition) is 0. The molecule has 8 nitrogen and oxygen atoms in total. The van der Waals surface area contributed by atoms with E-state index in [1.807, 2.05) is 42.7 Å². The number of ether oxygens (including phenoxy) is 1. The highest BCUT2D eigenvalue weighted by Crippen LogP contribution is 2.48. The maximum absolute atomic E-state index is 13.0. The van der Waals surface area contributed by atoms with Gasteiger partial charge in [-0.1, -0.05) is 0 Å². The first-order chi connectivity index (χ1) is 14.2. The summed E-state index contributed by atoms with van der Waals surface area (Å²) in [6, 6.07) is 3.80. The zero-order valence-corrected chi connectivity index (χ0v) is 18.0. The predicted octanol–water partition coefficient (Wildman–Crippen LogP) is 2.45. The monoisotopic (exact) mass is 417 g/mol. The summed E-state index contributed by atoms with van der Waals surface area (Å²) in [4.78, 5) is 43.2. The van der Waals surface area contributed by atoms with Crippen molar-refractivity contribution < 1.29 is 23.5 Å². The molecule has 4 rings (SSSR count). The molecule has 2 saturated heterocycles. The Kier molecular flexibility index (Phi) is 5.51. The Hall–Kier alpha value is -2.51. The molecule has 3 amide bonds. The van der Waals surface area contributed by atoms with Crippen molar-refractivity contribution in [3.8, 4) is 0 Å². The van der Waals surface area contributed by atoms with Gasteiger partial charge in [0.2, 0.25) is 11.8 Å². The van der Waals surface area contributed by atoms with Crippen molar-refractivity contribution in [3.05, 3.63) is 24.2 Å². The van der Waals surface area contributed by atoms with Gasteiger partial charge in [-0.15, -0.1) is 0 Å². The van der Waals surface area contributed by atoms with Gasteiger partial charge in [-0.05, 0) is 52.2 Å². The molecule has 0 unspecified atom stereocenters. The molecule has 0 N–H and O–H groups in total. The van der Waals surface area contributed by atoms with E-state index in [0.717, 1.165) is 31.6 Å². The molecule has 3 aliphatic rings. The zero-order chi connectivity index (χ0) is 21.5. The van der Waals surface area contributed by atoms with Gasteiger partial charge in [0.15, 0.2) is 0 Å². The summed E-state index contributed by atoms with van der Waals surface area (Å²) in [6.07, 6.45) is 3.80. The first-order valence-corrected chi connectivity index (χ1v) is 10.8. The normalized spacial score (nSPS) is 27.2. The summed E-state index contributed by atoms with van der Waals surface area (Å²) in [5.41, 5.74) is -0.586. The molecule has 164 valence electrons. The van der Waals surface area contributed by atoms with E-state index in [1.54, 1.807) is 6.26 Å². The SMILES string of the molecule is CC(C)(C)OC(=O)N1CCN([C@@H]2CCCN(C(=O)[C@H]3C[C@@H]3c3ccco3)C2)C(=O)C1. The average Bonchev–Trinajstić information content (AvgIpc) is 3.30. The molecule has 0 spiro atoms. The van der Waals surface area contributed by atoms with Crippen LogP contribution in [-0.4, -0.2) is 77.0 Å². The molecule has 0 radical (unpaired) electrons. The van der Waals surface area contributed by atoms with Crippen LogP contribution in [0.15, 0.2) is 22.8 Å². The van der Waals surface area contributed by atoms with Crippen LogP contribution in [0.4, 0.5) is 4.79 Å². The molecule has 1 saturated carbocycles. The third kappa shape index (κ3) is 4.47. The fraction of sp³-hybridized carbons (Fsp3) is 0.682. The van der Waals surface area contributed by atoms with Gasteiger partial charge in [-0.3, -0.25) is 14.5 Å². The summed E-state index contributed by atoms with van der Waals surface area (Å²) in [5, 5.41) is 0. The number of rotatable bonds is 3. The molecule has 8 heteroatoms. The quantitative estimate of drug-likeness (QED) is 0.754. The maximum atomic E-state index is 13.0. The third-order valence-corrected chi connectivity index (χ3v) is 6.07. The Balaban J connectivity index is 1.31. The van der Waals surface area contributed by atoms with E-state index in [0.29, 0.717) is 19.6 Å². The highest BCUT2D eigenvalue weighted by atomic mass is 16.6. The molecule has 0 aromatic carbocycles. The number of likely N-dealkylation sites (tertiary alicyclic amines) is 1. The third-order valence-electron chi connectivity index (χ3n) is 6.07. The van der Waals surface area contributed by atoms with E-state index in [9.17, 15) is 14.4 Å². The second-order valence-electron chi connectivity index (χ2n) is 9.53. The van der Waals surface area contributed by atoms with Gasteiger partial charge in [0.1, 0.15) is 17.9 Å². The number of carbonyl (C=O) groups excluding carboxylic acids is 3. The van der Waals surface area contributed by atoms with E-state index >= 15 is 0 Å².